The van der Waals surface area contributed by atoms with Crippen molar-refractivity contribution in [1.29, 1.82) is 5.26 Å². The Hall–Kier alpha value is -2.12. The number of fused-ring (bicyclic) bond motifs is 1. The number of imidazole rings is 1. The largest absolute Gasteiger partial charge is 0.359 e. The van der Waals surface area contributed by atoms with Crippen molar-refractivity contribution in [2.24, 2.45) is 0 Å². The van der Waals surface area contributed by atoms with Crippen molar-refractivity contribution in [2.75, 3.05) is 0 Å². The summed E-state index contributed by atoms with van der Waals surface area (Å²) in [4.78, 5) is 4.21. The number of hydrogen-bond donors (Lipinski definition) is 0. The maximum absolute atomic E-state index is 8.85. The number of benzene rings is 1. The van der Waals surface area contributed by atoms with Crippen molar-refractivity contribution >= 4 is 0 Å². The van der Waals surface area contributed by atoms with Gasteiger partial charge >= 0.3 is 0 Å². The van der Waals surface area contributed by atoms with Crippen LogP contribution in [-0.4, -0.2) is 15.2 Å². The molecule has 0 saturated carbocycles. The van der Waals surface area contributed by atoms with Crippen molar-refractivity contribution in [1.82, 2.24) is 9.55 Å². The quantitative estimate of drug-likeness (QED) is 0.785. The van der Waals surface area contributed by atoms with Crippen LogP contribution in [0.3, 0.4) is 0 Å². The van der Waals surface area contributed by atoms with Gasteiger partial charge in [0.05, 0.1) is 42.0 Å². The SMILES string of the molecule is CC1(C)Cn2cncc2C(c2ccc(C#N)cc2)O1. The van der Waals surface area contributed by atoms with Gasteiger partial charge in [-0.3, -0.25) is 0 Å². The molecule has 0 radical (unpaired) electrons. The minimum Gasteiger partial charge on any atom is -0.359 e. The van der Waals surface area contributed by atoms with E-state index in [0.29, 0.717) is 5.56 Å². The fraction of sp³-hybridized carbons (Fsp3) is 0.333. The molecule has 1 aliphatic heterocycles. The predicted octanol–water partition coefficient (Wildman–Crippen LogP) is 2.65. The molecule has 0 aliphatic carbocycles. The molecule has 19 heavy (non-hydrogen) atoms. The highest BCUT2D eigenvalue weighted by Gasteiger charge is 2.33. The molecule has 96 valence electrons. The summed E-state index contributed by atoms with van der Waals surface area (Å²) in [6.45, 7) is 4.95. The number of nitriles is 1. The molecule has 0 bridgehead atoms. The molecular formula is C15H15N3O. The van der Waals surface area contributed by atoms with Crippen molar-refractivity contribution in [3.05, 3.63) is 53.6 Å². The van der Waals surface area contributed by atoms with Gasteiger partial charge in [-0.2, -0.15) is 5.26 Å². The molecule has 4 nitrogen and oxygen atoms in total. The lowest BCUT2D eigenvalue weighted by molar-refractivity contribution is -0.0881. The van der Waals surface area contributed by atoms with Gasteiger partial charge in [-0.05, 0) is 31.5 Å². The molecule has 0 fully saturated rings. The van der Waals surface area contributed by atoms with Crippen LogP contribution in [-0.2, 0) is 11.3 Å². The van der Waals surface area contributed by atoms with Crippen molar-refractivity contribution < 1.29 is 4.74 Å². The normalized spacial score (nSPS) is 20.6. The first-order valence-corrected chi connectivity index (χ1v) is 6.27. The summed E-state index contributed by atoms with van der Waals surface area (Å²) in [7, 11) is 0. The lowest BCUT2D eigenvalue weighted by Gasteiger charge is -2.37. The van der Waals surface area contributed by atoms with E-state index in [9.17, 15) is 0 Å². The van der Waals surface area contributed by atoms with Crippen LogP contribution in [0.1, 0.15) is 36.8 Å². The van der Waals surface area contributed by atoms with E-state index >= 15 is 0 Å². The van der Waals surface area contributed by atoms with E-state index in [4.69, 9.17) is 10.00 Å². The van der Waals surface area contributed by atoms with Gasteiger partial charge in [0.2, 0.25) is 0 Å². The van der Waals surface area contributed by atoms with Crippen molar-refractivity contribution in [2.45, 2.75) is 32.1 Å². The Labute approximate surface area is 112 Å². The molecule has 0 N–H and O–H groups in total. The molecule has 0 saturated heterocycles. The Bertz CT molecular complexity index is 634. The second kappa shape index (κ2) is 4.22. The van der Waals surface area contributed by atoms with E-state index in [-0.39, 0.29) is 11.7 Å². The van der Waals surface area contributed by atoms with E-state index in [1.165, 1.54) is 0 Å². The summed E-state index contributed by atoms with van der Waals surface area (Å²) in [6, 6.07) is 9.66. The smallest absolute Gasteiger partial charge is 0.125 e. The molecule has 0 amide bonds. The Balaban J connectivity index is 2.02. The minimum absolute atomic E-state index is 0.126. The van der Waals surface area contributed by atoms with Crippen LogP contribution in [0.4, 0.5) is 0 Å². The van der Waals surface area contributed by atoms with Crippen LogP contribution in [0.25, 0.3) is 0 Å². The fourth-order valence-electron chi connectivity index (χ4n) is 2.48. The van der Waals surface area contributed by atoms with E-state index in [2.05, 4.69) is 29.5 Å². The molecular weight excluding hydrogens is 238 g/mol. The zero-order valence-electron chi connectivity index (χ0n) is 11.0. The maximum atomic E-state index is 8.85. The molecule has 1 aromatic heterocycles. The molecule has 2 aromatic rings. The lowest BCUT2D eigenvalue weighted by Crippen LogP contribution is -2.38. The molecule has 1 unspecified atom stereocenters. The lowest BCUT2D eigenvalue weighted by atomic mass is 10.00. The first-order valence-electron chi connectivity index (χ1n) is 6.27. The van der Waals surface area contributed by atoms with Gasteiger partial charge in [-0.1, -0.05) is 12.1 Å². The van der Waals surface area contributed by atoms with Crippen LogP contribution in [0.2, 0.25) is 0 Å². The molecule has 1 atom stereocenters. The Morgan fingerprint density at radius 1 is 1.37 bits per heavy atom. The molecule has 0 spiro atoms. The second-order valence-corrected chi connectivity index (χ2v) is 5.44. The fourth-order valence-corrected chi connectivity index (χ4v) is 2.48. The van der Waals surface area contributed by atoms with Gasteiger partial charge in [0.25, 0.3) is 0 Å². The summed E-state index contributed by atoms with van der Waals surface area (Å²) in [6.07, 6.45) is 3.56. The molecule has 1 aromatic carbocycles. The maximum Gasteiger partial charge on any atom is 0.125 e. The van der Waals surface area contributed by atoms with Gasteiger partial charge in [0.15, 0.2) is 0 Å². The van der Waals surface area contributed by atoms with E-state index < -0.39 is 0 Å². The van der Waals surface area contributed by atoms with Crippen LogP contribution in [0.15, 0.2) is 36.8 Å². The number of ether oxygens (including phenoxy) is 1. The van der Waals surface area contributed by atoms with Gasteiger partial charge in [-0.25, -0.2) is 4.98 Å². The summed E-state index contributed by atoms with van der Waals surface area (Å²) in [5.41, 5.74) is 2.54. The average Bonchev–Trinajstić information content (AvgIpc) is 2.84. The Kier molecular flexibility index (Phi) is 2.65. The summed E-state index contributed by atoms with van der Waals surface area (Å²) < 4.78 is 8.31. The number of rotatable bonds is 1. The summed E-state index contributed by atoms with van der Waals surface area (Å²) in [5, 5.41) is 8.85. The zero-order chi connectivity index (χ0) is 13.5. The first-order chi connectivity index (χ1) is 9.09. The molecule has 2 heterocycles. The zero-order valence-corrected chi connectivity index (χ0v) is 11.0. The number of aromatic nitrogens is 2. The predicted molar refractivity (Wildman–Crippen MR) is 70.4 cm³/mol. The second-order valence-electron chi connectivity index (χ2n) is 5.44. The van der Waals surface area contributed by atoms with Crippen LogP contribution in [0.5, 0.6) is 0 Å². The van der Waals surface area contributed by atoms with Crippen LogP contribution >= 0.6 is 0 Å². The topological polar surface area (TPSA) is 50.8 Å². The minimum atomic E-state index is -0.230. The van der Waals surface area contributed by atoms with Gasteiger partial charge < -0.3 is 9.30 Å². The third kappa shape index (κ3) is 2.13. The van der Waals surface area contributed by atoms with Crippen LogP contribution in [0, 0.1) is 11.3 Å². The van der Waals surface area contributed by atoms with E-state index in [1.54, 1.807) is 0 Å². The number of nitrogens with zero attached hydrogens (tertiary/aromatic N) is 3. The molecule has 4 heteroatoms. The monoisotopic (exact) mass is 253 g/mol. The summed E-state index contributed by atoms with van der Waals surface area (Å²) in [5.74, 6) is 0. The third-order valence-electron chi connectivity index (χ3n) is 3.34. The average molecular weight is 253 g/mol. The summed E-state index contributed by atoms with van der Waals surface area (Å²) >= 11 is 0. The highest BCUT2D eigenvalue weighted by Crippen LogP contribution is 2.35. The molecule has 1 aliphatic rings. The standard InChI is InChI=1S/C15H15N3O/c1-15(2)9-18-10-17-8-13(18)14(19-15)12-5-3-11(7-16)4-6-12/h3-6,8,10,14H,9H2,1-2H3. The van der Waals surface area contributed by atoms with Crippen molar-refractivity contribution in [3.8, 4) is 6.07 Å². The molecule has 3 rings (SSSR count). The Morgan fingerprint density at radius 3 is 2.79 bits per heavy atom. The number of hydrogen-bond acceptors (Lipinski definition) is 3. The van der Waals surface area contributed by atoms with E-state index in [1.807, 2.05) is 36.8 Å². The highest BCUT2D eigenvalue weighted by molar-refractivity contribution is 5.35. The van der Waals surface area contributed by atoms with E-state index in [0.717, 1.165) is 17.8 Å². The Morgan fingerprint density at radius 2 is 2.11 bits per heavy atom. The van der Waals surface area contributed by atoms with Crippen molar-refractivity contribution in [3.63, 3.8) is 0 Å². The third-order valence-corrected chi connectivity index (χ3v) is 3.34. The highest BCUT2D eigenvalue weighted by atomic mass is 16.5. The van der Waals surface area contributed by atoms with Gasteiger partial charge in [0, 0.05) is 0 Å². The van der Waals surface area contributed by atoms with Gasteiger partial charge in [0.1, 0.15) is 6.10 Å². The van der Waals surface area contributed by atoms with Gasteiger partial charge in [-0.15, -0.1) is 0 Å². The first kappa shape index (κ1) is 11.9. The van der Waals surface area contributed by atoms with Crippen LogP contribution < -0.4 is 0 Å².